The molecular weight excluding hydrogens is 331 g/mol. The largest absolute Gasteiger partial charge is 0.337 e. The van der Waals surface area contributed by atoms with Crippen LogP contribution in [0.1, 0.15) is 42.6 Å². The highest BCUT2D eigenvalue weighted by Crippen LogP contribution is 2.37. The van der Waals surface area contributed by atoms with E-state index in [1.165, 1.54) is 31.9 Å². The molecule has 114 valence electrons. The smallest absolute Gasteiger partial charge is 0.274 e. The molecule has 0 N–H and O–H groups in total. The second kappa shape index (κ2) is 6.31. The third-order valence-electron chi connectivity index (χ3n) is 4.70. The summed E-state index contributed by atoms with van der Waals surface area (Å²) in [6, 6.07) is 0. The first-order valence-electron chi connectivity index (χ1n) is 7.36. The Bertz CT molecular complexity index is 564. The van der Waals surface area contributed by atoms with Crippen molar-refractivity contribution in [3.8, 4) is 0 Å². The van der Waals surface area contributed by atoms with Crippen LogP contribution in [-0.2, 0) is 0 Å². The molecule has 0 unspecified atom stereocenters. The van der Waals surface area contributed by atoms with Gasteiger partial charge in [0.05, 0.1) is 15.1 Å². The van der Waals surface area contributed by atoms with Crippen molar-refractivity contribution in [2.75, 3.05) is 13.1 Å². The van der Waals surface area contributed by atoms with Crippen molar-refractivity contribution < 1.29 is 4.79 Å². The van der Waals surface area contributed by atoms with Crippen molar-refractivity contribution >= 4 is 40.7 Å². The fraction of sp³-hybridized carbons (Fsp3) is 0.600. The van der Waals surface area contributed by atoms with Crippen LogP contribution in [0.5, 0.6) is 0 Å². The fourth-order valence-electron chi connectivity index (χ4n) is 3.53. The van der Waals surface area contributed by atoms with E-state index >= 15 is 0 Å². The van der Waals surface area contributed by atoms with Gasteiger partial charge in [-0.3, -0.25) is 4.79 Å². The highest BCUT2D eigenvalue weighted by atomic mass is 35.5. The number of carbonyl (C=O) groups excluding carboxylic acids is 1. The summed E-state index contributed by atoms with van der Waals surface area (Å²) in [7, 11) is 0. The SMILES string of the molecule is O=C(c1ncc(Cl)c(Cl)c1Cl)N1CC[C@H]2CCCC[C@@H]2C1. The van der Waals surface area contributed by atoms with Crippen LogP contribution in [0.15, 0.2) is 6.20 Å². The maximum atomic E-state index is 12.6. The van der Waals surface area contributed by atoms with Crippen LogP contribution in [0.3, 0.4) is 0 Å². The Morgan fingerprint density at radius 2 is 1.81 bits per heavy atom. The maximum Gasteiger partial charge on any atom is 0.274 e. The minimum Gasteiger partial charge on any atom is -0.337 e. The molecule has 2 aliphatic rings. The van der Waals surface area contributed by atoms with Crippen molar-refractivity contribution in [1.82, 2.24) is 9.88 Å². The molecule has 3 nitrogen and oxygen atoms in total. The zero-order chi connectivity index (χ0) is 15.0. The van der Waals surface area contributed by atoms with Gasteiger partial charge in [0.25, 0.3) is 5.91 Å². The van der Waals surface area contributed by atoms with Gasteiger partial charge < -0.3 is 4.90 Å². The van der Waals surface area contributed by atoms with Crippen LogP contribution in [0.25, 0.3) is 0 Å². The Kier molecular flexibility index (Phi) is 4.63. The summed E-state index contributed by atoms with van der Waals surface area (Å²) >= 11 is 18.0. The first-order valence-corrected chi connectivity index (χ1v) is 8.50. The average molecular weight is 348 g/mol. The van der Waals surface area contributed by atoms with Gasteiger partial charge in [-0.2, -0.15) is 0 Å². The van der Waals surface area contributed by atoms with Gasteiger partial charge in [-0.15, -0.1) is 0 Å². The molecule has 1 saturated carbocycles. The van der Waals surface area contributed by atoms with E-state index in [0.717, 1.165) is 25.4 Å². The van der Waals surface area contributed by atoms with Gasteiger partial charge in [0.15, 0.2) is 0 Å². The van der Waals surface area contributed by atoms with Gasteiger partial charge in [-0.25, -0.2) is 4.98 Å². The van der Waals surface area contributed by atoms with E-state index in [9.17, 15) is 4.79 Å². The van der Waals surface area contributed by atoms with Crippen molar-refractivity contribution in [2.24, 2.45) is 11.8 Å². The lowest BCUT2D eigenvalue weighted by Gasteiger charge is -2.41. The number of hydrogen-bond acceptors (Lipinski definition) is 2. The molecule has 1 aliphatic carbocycles. The standard InChI is InChI=1S/C15H17Cl3N2O/c16-11-7-19-14(13(18)12(11)17)15(21)20-6-5-9-3-1-2-4-10(9)8-20/h7,9-10H,1-6,8H2/t9-,10-/m1/s1. The number of likely N-dealkylation sites (tertiary alicyclic amines) is 1. The molecule has 1 aromatic heterocycles. The second-order valence-corrected chi connectivity index (χ2v) is 7.09. The number of piperidine rings is 1. The minimum absolute atomic E-state index is 0.136. The molecule has 1 aromatic rings. The van der Waals surface area contributed by atoms with Gasteiger partial charge in [-0.05, 0) is 24.7 Å². The van der Waals surface area contributed by atoms with Gasteiger partial charge in [0.2, 0.25) is 0 Å². The lowest BCUT2D eigenvalue weighted by Crippen LogP contribution is -2.45. The number of aromatic nitrogens is 1. The number of hydrogen-bond donors (Lipinski definition) is 0. The van der Waals surface area contributed by atoms with Crippen LogP contribution in [0.4, 0.5) is 0 Å². The molecule has 2 atom stereocenters. The van der Waals surface area contributed by atoms with Crippen LogP contribution in [0.2, 0.25) is 15.1 Å². The van der Waals surface area contributed by atoms with Gasteiger partial charge >= 0.3 is 0 Å². The van der Waals surface area contributed by atoms with Crippen LogP contribution >= 0.6 is 34.8 Å². The van der Waals surface area contributed by atoms with E-state index in [-0.39, 0.29) is 26.7 Å². The number of pyridine rings is 1. The summed E-state index contributed by atoms with van der Waals surface area (Å²) in [6.07, 6.45) is 7.59. The number of fused-ring (bicyclic) bond motifs is 1. The first kappa shape index (κ1) is 15.4. The Labute approximate surface area is 139 Å². The summed E-state index contributed by atoms with van der Waals surface area (Å²) in [5.74, 6) is 1.26. The first-order chi connectivity index (χ1) is 10.1. The van der Waals surface area contributed by atoms with Gasteiger partial charge in [0, 0.05) is 19.3 Å². The monoisotopic (exact) mass is 346 g/mol. The lowest BCUT2D eigenvalue weighted by atomic mass is 9.75. The molecule has 0 radical (unpaired) electrons. The fourth-order valence-corrected chi connectivity index (χ4v) is 4.09. The van der Waals surface area contributed by atoms with E-state index in [4.69, 9.17) is 34.8 Å². The molecule has 1 aliphatic heterocycles. The van der Waals surface area contributed by atoms with Crippen LogP contribution in [-0.4, -0.2) is 28.9 Å². The number of halogens is 3. The third-order valence-corrected chi connectivity index (χ3v) is 5.94. The Balaban J connectivity index is 1.78. The zero-order valence-electron chi connectivity index (χ0n) is 11.6. The number of carbonyl (C=O) groups is 1. The van der Waals surface area contributed by atoms with E-state index in [1.807, 2.05) is 4.90 Å². The lowest BCUT2D eigenvalue weighted by molar-refractivity contribution is 0.0515. The summed E-state index contributed by atoms with van der Waals surface area (Å²) in [4.78, 5) is 18.6. The predicted molar refractivity (Wildman–Crippen MR) is 85.2 cm³/mol. The van der Waals surface area contributed by atoms with E-state index in [1.54, 1.807) is 0 Å². The number of amides is 1. The molecule has 1 saturated heterocycles. The molecular formula is C15H17Cl3N2O. The summed E-state index contributed by atoms with van der Waals surface area (Å²) in [5, 5.41) is 0.619. The molecule has 0 spiro atoms. The van der Waals surface area contributed by atoms with Crippen molar-refractivity contribution in [1.29, 1.82) is 0 Å². The van der Waals surface area contributed by atoms with Gasteiger partial charge in [-0.1, -0.05) is 54.1 Å². The molecule has 3 rings (SSSR count). The Morgan fingerprint density at radius 1 is 1.10 bits per heavy atom. The molecule has 2 heterocycles. The van der Waals surface area contributed by atoms with Gasteiger partial charge in [0.1, 0.15) is 5.69 Å². The normalized spacial score (nSPS) is 25.6. The summed E-state index contributed by atoms with van der Waals surface area (Å²) in [6.45, 7) is 1.58. The molecule has 1 amide bonds. The quantitative estimate of drug-likeness (QED) is 0.738. The highest BCUT2D eigenvalue weighted by Gasteiger charge is 2.34. The second-order valence-electron chi connectivity index (χ2n) is 5.93. The van der Waals surface area contributed by atoms with Crippen LogP contribution in [0, 0.1) is 11.8 Å². The minimum atomic E-state index is -0.136. The van der Waals surface area contributed by atoms with Crippen LogP contribution < -0.4 is 0 Å². The molecule has 0 bridgehead atoms. The highest BCUT2D eigenvalue weighted by molar-refractivity contribution is 6.48. The molecule has 21 heavy (non-hydrogen) atoms. The molecule has 2 fully saturated rings. The molecule has 0 aromatic carbocycles. The van der Waals surface area contributed by atoms with Crippen molar-refractivity contribution in [3.05, 3.63) is 27.0 Å². The van der Waals surface area contributed by atoms with E-state index < -0.39 is 0 Å². The molecule has 6 heteroatoms. The van der Waals surface area contributed by atoms with Crippen molar-refractivity contribution in [2.45, 2.75) is 32.1 Å². The predicted octanol–water partition coefficient (Wildman–Crippen LogP) is 4.69. The maximum absolute atomic E-state index is 12.6. The Hall–Kier alpha value is -0.510. The zero-order valence-corrected chi connectivity index (χ0v) is 13.9. The topological polar surface area (TPSA) is 33.2 Å². The van der Waals surface area contributed by atoms with Crippen molar-refractivity contribution in [3.63, 3.8) is 0 Å². The number of nitrogens with zero attached hydrogens (tertiary/aromatic N) is 2. The summed E-state index contributed by atoms with van der Waals surface area (Å²) < 4.78 is 0. The Morgan fingerprint density at radius 3 is 2.57 bits per heavy atom. The average Bonchev–Trinajstić information content (AvgIpc) is 2.52. The van der Waals surface area contributed by atoms with E-state index in [0.29, 0.717) is 5.92 Å². The number of rotatable bonds is 1. The third kappa shape index (κ3) is 3.01. The summed E-state index contributed by atoms with van der Waals surface area (Å²) in [5.41, 5.74) is 0.209. The van der Waals surface area contributed by atoms with E-state index in [2.05, 4.69) is 4.98 Å².